The molecular formula is C15H22N2O2. The molecule has 2 N–H and O–H groups in total. The van der Waals surface area contributed by atoms with E-state index in [2.05, 4.69) is 29.7 Å². The number of nitrogens with one attached hydrogen (secondary N) is 2. The predicted octanol–water partition coefficient (Wildman–Crippen LogP) is 1.96. The third-order valence-electron chi connectivity index (χ3n) is 3.95. The molecule has 104 valence electrons. The van der Waals surface area contributed by atoms with Gasteiger partial charge < -0.3 is 20.1 Å². The average molecular weight is 262 g/mol. The molecule has 4 nitrogen and oxygen atoms in total. The first-order valence-electron chi connectivity index (χ1n) is 7.16. The highest BCUT2D eigenvalue weighted by atomic mass is 16.7. The highest BCUT2D eigenvalue weighted by molar-refractivity contribution is 5.48. The van der Waals surface area contributed by atoms with Gasteiger partial charge in [0.25, 0.3) is 0 Å². The van der Waals surface area contributed by atoms with Crippen molar-refractivity contribution < 1.29 is 9.47 Å². The lowest BCUT2D eigenvalue weighted by Gasteiger charge is -2.23. The molecule has 0 aromatic heterocycles. The van der Waals surface area contributed by atoms with Crippen LogP contribution in [-0.4, -0.2) is 25.9 Å². The molecule has 0 bridgehead atoms. The molecule has 0 spiro atoms. The number of rotatable bonds is 4. The van der Waals surface area contributed by atoms with Crippen molar-refractivity contribution in [2.45, 2.75) is 38.8 Å². The van der Waals surface area contributed by atoms with Gasteiger partial charge in [-0.3, -0.25) is 0 Å². The first kappa shape index (κ1) is 12.8. The molecule has 2 heterocycles. The van der Waals surface area contributed by atoms with Gasteiger partial charge in [0.2, 0.25) is 6.79 Å². The molecule has 0 radical (unpaired) electrons. The maximum Gasteiger partial charge on any atom is 0.231 e. The highest BCUT2D eigenvalue weighted by Gasteiger charge is 2.16. The summed E-state index contributed by atoms with van der Waals surface area (Å²) in [4.78, 5) is 0. The largest absolute Gasteiger partial charge is 0.454 e. The Labute approximate surface area is 114 Å². The van der Waals surface area contributed by atoms with Crippen molar-refractivity contribution in [1.29, 1.82) is 0 Å². The van der Waals surface area contributed by atoms with Crippen LogP contribution in [0.25, 0.3) is 0 Å². The Balaban J connectivity index is 1.54. The van der Waals surface area contributed by atoms with Crippen LogP contribution < -0.4 is 20.1 Å². The second-order valence-electron chi connectivity index (χ2n) is 5.41. The maximum absolute atomic E-state index is 5.43. The topological polar surface area (TPSA) is 42.5 Å². The van der Waals surface area contributed by atoms with Gasteiger partial charge in [0.05, 0.1) is 0 Å². The van der Waals surface area contributed by atoms with Gasteiger partial charge in [-0.15, -0.1) is 0 Å². The fraction of sp³-hybridized carbons (Fsp3) is 0.600. The van der Waals surface area contributed by atoms with E-state index < -0.39 is 0 Å². The lowest BCUT2D eigenvalue weighted by Crippen LogP contribution is -2.41. The first-order valence-corrected chi connectivity index (χ1v) is 7.16. The van der Waals surface area contributed by atoms with Crippen LogP contribution in [-0.2, 0) is 6.54 Å². The van der Waals surface area contributed by atoms with Crippen LogP contribution in [0.15, 0.2) is 12.1 Å². The van der Waals surface area contributed by atoms with Gasteiger partial charge in [-0.25, -0.2) is 0 Å². The summed E-state index contributed by atoms with van der Waals surface area (Å²) in [5.41, 5.74) is 2.55. The van der Waals surface area contributed by atoms with E-state index in [9.17, 15) is 0 Å². The molecule has 0 amide bonds. The van der Waals surface area contributed by atoms with Crippen molar-refractivity contribution >= 4 is 0 Å². The Morgan fingerprint density at radius 2 is 2.11 bits per heavy atom. The molecule has 0 aliphatic carbocycles. The molecule has 1 unspecified atom stereocenters. The van der Waals surface area contributed by atoms with Gasteiger partial charge in [-0.05, 0) is 49.6 Å². The Kier molecular flexibility index (Phi) is 3.89. The SMILES string of the molecule is Cc1cc2c(cc1CNCC1CCCCN1)OCO2. The molecule has 19 heavy (non-hydrogen) atoms. The Morgan fingerprint density at radius 3 is 2.89 bits per heavy atom. The summed E-state index contributed by atoms with van der Waals surface area (Å²) < 4.78 is 10.8. The van der Waals surface area contributed by atoms with Gasteiger partial charge in [0.1, 0.15) is 0 Å². The number of aryl methyl sites for hydroxylation is 1. The zero-order chi connectivity index (χ0) is 13.1. The number of ether oxygens (including phenoxy) is 2. The monoisotopic (exact) mass is 262 g/mol. The molecule has 0 saturated carbocycles. The molecule has 3 rings (SSSR count). The van der Waals surface area contributed by atoms with Crippen molar-refractivity contribution in [3.8, 4) is 11.5 Å². The summed E-state index contributed by atoms with van der Waals surface area (Å²) in [7, 11) is 0. The summed E-state index contributed by atoms with van der Waals surface area (Å²) in [5, 5.41) is 7.10. The molecule has 1 saturated heterocycles. The highest BCUT2D eigenvalue weighted by Crippen LogP contribution is 2.34. The zero-order valence-electron chi connectivity index (χ0n) is 11.5. The third kappa shape index (κ3) is 3.01. The summed E-state index contributed by atoms with van der Waals surface area (Å²) in [6, 6.07) is 4.79. The molecule has 1 fully saturated rings. The normalized spacial score (nSPS) is 21.6. The predicted molar refractivity (Wildman–Crippen MR) is 74.7 cm³/mol. The van der Waals surface area contributed by atoms with Crippen molar-refractivity contribution in [1.82, 2.24) is 10.6 Å². The Bertz CT molecular complexity index is 442. The number of piperidine rings is 1. The zero-order valence-corrected chi connectivity index (χ0v) is 11.5. The number of fused-ring (bicyclic) bond motifs is 1. The van der Waals surface area contributed by atoms with Crippen LogP contribution >= 0.6 is 0 Å². The van der Waals surface area contributed by atoms with Gasteiger partial charge in [0, 0.05) is 19.1 Å². The number of hydrogen-bond donors (Lipinski definition) is 2. The Hall–Kier alpha value is -1.26. The summed E-state index contributed by atoms with van der Waals surface area (Å²) in [5.74, 6) is 1.74. The molecule has 1 aromatic rings. The van der Waals surface area contributed by atoms with Gasteiger partial charge in [-0.1, -0.05) is 6.42 Å². The van der Waals surface area contributed by atoms with Gasteiger partial charge in [0.15, 0.2) is 11.5 Å². The summed E-state index contributed by atoms with van der Waals surface area (Å²) >= 11 is 0. The van der Waals surface area contributed by atoms with Crippen LogP contribution in [0, 0.1) is 6.92 Å². The van der Waals surface area contributed by atoms with Gasteiger partial charge in [-0.2, -0.15) is 0 Å². The second kappa shape index (κ2) is 5.80. The van der Waals surface area contributed by atoms with Crippen LogP contribution in [0.2, 0.25) is 0 Å². The van der Waals surface area contributed by atoms with Crippen LogP contribution in [0.5, 0.6) is 11.5 Å². The van der Waals surface area contributed by atoms with Crippen molar-refractivity contribution in [3.05, 3.63) is 23.3 Å². The van der Waals surface area contributed by atoms with E-state index in [1.54, 1.807) is 0 Å². The standard InChI is InChI=1S/C15H22N2O2/c1-11-6-14-15(19-10-18-14)7-12(11)8-16-9-13-4-2-3-5-17-13/h6-7,13,16-17H,2-5,8-10H2,1H3. The molecule has 2 aliphatic rings. The molecule has 4 heteroatoms. The third-order valence-corrected chi connectivity index (χ3v) is 3.95. The van der Waals surface area contributed by atoms with E-state index in [0.717, 1.165) is 31.1 Å². The number of hydrogen-bond acceptors (Lipinski definition) is 4. The van der Waals surface area contributed by atoms with E-state index >= 15 is 0 Å². The molecule has 2 aliphatic heterocycles. The minimum Gasteiger partial charge on any atom is -0.454 e. The lowest BCUT2D eigenvalue weighted by atomic mass is 10.0. The van der Waals surface area contributed by atoms with Crippen molar-refractivity contribution in [2.24, 2.45) is 0 Å². The lowest BCUT2D eigenvalue weighted by molar-refractivity contribution is 0.174. The van der Waals surface area contributed by atoms with Crippen LogP contribution in [0.1, 0.15) is 30.4 Å². The maximum atomic E-state index is 5.43. The van der Waals surface area contributed by atoms with Gasteiger partial charge >= 0.3 is 0 Å². The minimum atomic E-state index is 0.345. The number of benzene rings is 1. The fourth-order valence-corrected chi connectivity index (χ4v) is 2.76. The van der Waals surface area contributed by atoms with E-state index in [1.807, 2.05) is 0 Å². The first-order chi connectivity index (χ1) is 9.33. The van der Waals surface area contributed by atoms with E-state index in [0.29, 0.717) is 12.8 Å². The van der Waals surface area contributed by atoms with Crippen molar-refractivity contribution in [3.63, 3.8) is 0 Å². The molecule has 1 aromatic carbocycles. The average Bonchev–Trinajstić information content (AvgIpc) is 2.87. The summed E-state index contributed by atoms with van der Waals surface area (Å²) in [6.45, 7) is 5.55. The molecule has 1 atom stereocenters. The van der Waals surface area contributed by atoms with Crippen LogP contribution in [0.4, 0.5) is 0 Å². The van der Waals surface area contributed by atoms with Crippen LogP contribution in [0.3, 0.4) is 0 Å². The second-order valence-corrected chi connectivity index (χ2v) is 5.41. The van der Waals surface area contributed by atoms with E-state index in [1.165, 1.54) is 30.4 Å². The Morgan fingerprint density at radius 1 is 1.26 bits per heavy atom. The smallest absolute Gasteiger partial charge is 0.231 e. The minimum absolute atomic E-state index is 0.345. The van der Waals surface area contributed by atoms with Crippen molar-refractivity contribution in [2.75, 3.05) is 19.9 Å². The summed E-state index contributed by atoms with van der Waals surface area (Å²) in [6.07, 6.45) is 3.95. The van der Waals surface area contributed by atoms with E-state index in [4.69, 9.17) is 9.47 Å². The quantitative estimate of drug-likeness (QED) is 0.870. The molecular weight excluding hydrogens is 240 g/mol. The fourth-order valence-electron chi connectivity index (χ4n) is 2.76. The van der Waals surface area contributed by atoms with E-state index in [-0.39, 0.29) is 0 Å².